The van der Waals surface area contributed by atoms with Gasteiger partial charge in [-0.05, 0) is 25.5 Å². The van der Waals surface area contributed by atoms with Crippen molar-refractivity contribution < 1.29 is 4.79 Å². The van der Waals surface area contributed by atoms with Crippen LogP contribution in [-0.4, -0.2) is 39.1 Å². The van der Waals surface area contributed by atoms with Gasteiger partial charge in [0, 0.05) is 31.4 Å². The number of thiazole rings is 1. The summed E-state index contributed by atoms with van der Waals surface area (Å²) in [5.41, 5.74) is 2.94. The molecule has 0 radical (unpaired) electrons. The number of carbonyl (C=O) groups is 1. The average molecular weight is 317 g/mol. The number of rotatable bonds is 4. The number of amides is 1. The smallest absolute Gasteiger partial charge is 0.228 e. The van der Waals surface area contributed by atoms with Gasteiger partial charge in [0.25, 0.3) is 0 Å². The second-order valence-electron chi connectivity index (χ2n) is 5.33. The molecule has 2 aromatic heterocycles. The Kier molecular flexibility index (Phi) is 4.33. The van der Waals surface area contributed by atoms with Gasteiger partial charge in [0.05, 0.1) is 22.8 Å². The molecule has 22 heavy (non-hydrogen) atoms. The van der Waals surface area contributed by atoms with E-state index in [0.717, 1.165) is 40.7 Å². The summed E-state index contributed by atoms with van der Waals surface area (Å²) in [4.78, 5) is 18.7. The Bertz CT molecular complexity index is 684. The first kappa shape index (κ1) is 14.9. The Balaban J connectivity index is 1.69. The number of nitrogens with one attached hydrogen (secondary N) is 1. The minimum absolute atomic E-state index is 0.123. The van der Waals surface area contributed by atoms with Crippen LogP contribution in [0.4, 0.5) is 5.82 Å². The molecule has 0 saturated heterocycles. The van der Waals surface area contributed by atoms with Crippen molar-refractivity contribution in [3.8, 4) is 0 Å². The van der Waals surface area contributed by atoms with Gasteiger partial charge in [0.15, 0.2) is 0 Å². The number of hydrogen-bond donors (Lipinski definition) is 1. The zero-order valence-electron chi connectivity index (χ0n) is 12.8. The molecule has 0 atom stereocenters. The van der Waals surface area contributed by atoms with E-state index in [1.807, 2.05) is 30.2 Å². The van der Waals surface area contributed by atoms with Crippen LogP contribution in [0.2, 0.25) is 0 Å². The number of fused-ring (bicyclic) bond motifs is 1. The van der Waals surface area contributed by atoms with Crippen molar-refractivity contribution in [2.45, 2.75) is 33.2 Å². The number of anilines is 1. The highest BCUT2D eigenvalue weighted by molar-refractivity contribution is 7.09. The lowest BCUT2D eigenvalue weighted by Crippen LogP contribution is -2.37. The number of nitrogens with zero attached hydrogens (tertiary/aromatic N) is 4. The molecule has 116 valence electrons. The van der Waals surface area contributed by atoms with Crippen molar-refractivity contribution in [3.05, 3.63) is 33.4 Å². The second-order valence-corrected chi connectivity index (χ2v) is 6.39. The quantitative estimate of drug-likeness (QED) is 0.931. The van der Waals surface area contributed by atoms with Crippen LogP contribution in [0, 0.1) is 6.92 Å². The van der Waals surface area contributed by atoms with Gasteiger partial charge >= 0.3 is 0 Å². The van der Waals surface area contributed by atoms with Crippen LogP contribution >= 0.6 is 11.3 Å². The van der Waals surface area contributed by atoms with Gasteiger partial charge in [-0.15, -0.1) is 16.4 Å². The number of aromatic nitrogens is 3. The first-order valence-corrected chi connectivity index (χ1v) is 8.31. The summed E-state index contributed by atoms with van der Waals surface area (Å²) >= 11 is 1.58. The van der Waals surface area contributed by atoms with Crippen LogP contribution in [0.3, 0.4) is 0 Å². The van der Waals surface area contributed by atoms with Gasteiger partial charge in [-0.2, -0.15) is 5.10 Å². The third-order valence-electron chi connectivity index (χ3n) is 3.65. The number of hydrogen-bond acceptors (Lipinski definition) is 6. The van der Waals surface area contributed by atoms with Crippen molar-refractivity contribution in [3.63, 3.8) is 0 Å². The predicted octanol–water partition coefficient (Wildman–Crippen LogP) is 1.80. The highest BCUT2D eigenvalue weighted by Crippen LogP contribution is 2.20. The Morgan fingerprint density at radius 2 is 2.32 bits per heavy atom. The molecule has 0 spiro atoms. The molecule has 2 aromatic rings. The third kappa shape index (κ3) is 3.24. The molecule has 6 nitrogen and oxygen atoms in total. The molecule has 0 aromatic carbocycles. The van der Waals surface area contributed by atoms with Gasteiger partial charge in [0.2, 0.25) is 5.91 Å². The van der Waals surface area contributed by atoms with Crippen LogP contribution in [0.15, 0.2) is 11.4 Å². The molecule has 1 aliphatic heterocycles. The molecule has 0 fully saturated rings. The topological polar surface area (TPSA) is 71.0 Å². The first-order valence-electron chi connectivity index (χ1n) is 7.44. The minimum Gasteiger partial charge on any atom is -0.369 e. The summed E-state index contributed by atoms with van der Waals surface area (Å²) in [6.45, 7) is 6.08. The first-order chi connectivity index (χ1) is 10.7. The molecule has 3 rings (SSSR count). The maximum absolute atomic E-state index is 12.4. The molecule has 0 saturated carbocycles. The number of carbonyl (C=O) groups excluding carboxylic acids is 1. The molecule has 1 aliphatic rings. The fourth-order valence-corrected chi connectivity index (χ4v) is 3.18. The Morgan fingerprint density at radius 3 is 3.05 bits per heavy atom. The Labute approximate surface area is 133 Å². The lowest BCUT2D eigenvalue weighted by molar-refractivity contribution is -0.131. The van der Waals surface area contributed by atoms with E-state index in [1.54, 1.807) is 11.3 Å². The number of aryl methyl sites for hydroxylation is 1. The van der Waals surface area contributed by atoms with E-state index >= 15 is 0 Å². The Hall–Kier alpha value is -2.02. The van der Waals surface area contributed by atoms with E-state index in [1.165, 1.54) is 0 Å². The molecule has 7 heteroatoms. The second kappa shape index (κ2) is 6.39. The molecule has 1 N–H and O–H groups in total. The maximum atomic E-state index is 12.4. The van der Waals surface area contributed by atoms with Gasteiger partial charge in [-0.1, -0.05) is 0 Å². The third-order valence-corrected chi connectivity index (χ3v) is 4.47. The fourth-order valence-electron chi connectivity index (χ4n) is 2.57. The van der Waals surface area contributed by atoms with Gasteiger partial charge in [-0.25, -0.2) is 4.98 Å². The monoisotopic (exact) mass is 317 g/mol. The Morgan fingerprint density at radius 1 is 1.45 bits per heavy atom. The standard InChI is InChI=1S/C15H19N5OS/c1-3-16-14-6-11-8-20(5-4-13(11)18-19-14)15(21)7-12-9-22-10(2)17-12/h6,9H,3-5,7-8H2,1-2H3,(H,16,19). The van der Waals surface area contributed by atoms with Crippen molar-refractivity contribution in [1.82, 2.24) is 20.1 Å². The molecule has 3 heterocycles. The van der Waals surface area contributed by atoms with E-state index in [9.17, 15) is 4.79 Å². The lowest BCUT2D eigenvalue weighted by Gasteiger charge is -2.28. The van der Waals surface area contributed by atoms with E-state index in [0.29, 0.717) is 19.5 Å². The highest BCUT2D eigenvalue weighted by atomic mass is 32.1. The fraction of sp³-hybridized carbons (Fsp3) is 0.467. The van der Waals surface area contributed by atoms with E-state index in [2.05, 4.69) is 20.5 Å². The van der Waals surface area contributed by atoms with Crippen molar-refractivity contribution >= 4 is 23.1 Å². The largest absolute Gasteiger partial charge is 0.369 e. The highest BCUT2D eigenvalue weighted by Gasteiger charge is 2.23. The van der Waals surface area contributed by atoms with Crippen LogP contribution in [0.1, 0.15) is 28.9 Å². The van der Waals surface area contributed by atoms with Crippen LogP contribution in [0.25, 0.3) is 0 Å². The SMILES string of the molecule is CCNc1cc2c(nn1)CCN(C(=O)Cc1csc(C)n1)C2. The summed E-state index contributed by atoms with van der Waals surface area (Å²) in [5, 5.41) is 14.5. The lowest BCUT2D eigenvalue weighted by atomic mass is 10.1. The van der Waals surface area contributed by atoms with E-state index in [4.69, 9.17) is 0 Å². The van der Waals surface area contributed by atoms with Crippen LogP contribution in [-0.2, 0) is 24.2 Å². The van der Waals surface area contributed by atoms with Gasteiger partial charge in [-0.3, -0.25) is 4.79 Å². The molecule has 0 aliphatic carbocycles. The predicted molar refractivity (Wildman–Crippen MR) is 85.9 cm³/mol. The summed E-state index contributed by atoms with van der Waals surface area (Å²) in [7, 11) is 0. The molecule has 0 bridgehead atoms. The zero-order valence-corrected chi connectivity index (χ0v) is 13.6. The minimum atomic E-state index is 0.123. The normalized spacial score (nSPS) is 13.8. The summed E-state index contributed by atoms with van der Waals surface area (Å²) in [6.07, 6.45) is 1.13. The van der Waals surface area contributed by atoms with Gasteiger partial charge < -0.3 is 10.2 Å². The van der Waals surface area contributed by atoms with Crippen molar-refractivity contribution in [2.75, 3.05) is 18.4 Å². The zero-order chi connectivity index (χ0) is 15.5. The van der Waals surface area contributed by atoms with Gasteiger partial charge in [0.1, 0.15) is 5.82 Å². The summed E-state index contributed by atoms with van der Waals surface area (Å²) in [5.74, 6) is 0.892. The average Bonchev–Trinajstić information content (AvgIpc) is 2.92. The van der Waals surface area contributed by atoms with Crippen LogP contribution < -0.4 is 5.32 Å². The summed E-state index contributed by atoms with van der Waals surface area (Å²) < 4.78 is 0. The maximum Gasteiger partial charge on any atom is 0.228 e. The molecule has 0 unspecified atom stereocenters. The van der Waals surface area contributed by atoms with E-state index < -0.39 is 0 Å². The van der Waals surface area contributed by atoms with Crippen molar-refractivity contribution in [1.29, 1.82) is 0 Å². The summed E-state index contributed by atoms with van der Waals surface area (Å²) in [6, 6.07) is 2.00. The van der Waals surface area contributed by atoms with Crippen LogP contribution in [0.5, 0.6) is 0 Å². The molecule has 1 amide bonds. The molecular weight excluding hydrogens is 298 g/mol. The molecular formula is C15H19N5OS. The van der Waals surface area contributed by atoms with E-state index in [-0.39, 0.29) is 5.91 Å². The van der Waals surface area contributed by atoms with Crippen molar-refractivity contribution in [2.24, 2.45) is 0 Å².